The van der Waals surface area contributed by atoms with Gasteiger partial charge in [-0.3, -0.25) is 5.10 Å². The SMILES string of the molecule is CCC1CCC(NS(=O)(=O)c2c(C)n[nH]c2C)CC1. The number of nitrogens with zero attached hydrogens (tertiary/aromatic N) is 1. The second-order valence-corrected chi connectivity index (χ2v) is 7.16. The van der Waals surface area contributed by atoms with E-state index in [9.17, 15) is 8.42 Å². The van der Waals surface area contributed by atoms with Crippen LogP contribution >= 0.6 is 0 Å². The molecule has 0 radical (unpaired) electrons. The number of rotatable bonds is 4. The number of aryl methyl sites for hydroxylation is 2. The highest BCUT2D eigenvalue weighted by atomic mass is 32.2. The molecule has 1 aliphatic rings. The van der Waals surface area contributed by atoms with Gasteiger partial charge >= 0.3 is 0 Å². The molecule has 5 nitrogen and oxygen atoms in total. The van der Waals surface area contributed by atoms with Crippen molar-refractivity contribution >= 4 is 10.0 Å². The molecule has 1 fully saturated rings. The highest BCUT2D eigenvalue weighted by molar-refractivity contribution is 7.89. The number of aromatic amines is 1. The van der Waals surface area contributed by atoms with E-state index >= 15 is 0 Å². The van der Waals surface area contributed by atoms with Gasteiger partial charge in [-0.15, -0.1) is 0 Å². The molecule has 6 heteroatoms. The van der Waals surface area contributed by atoms with Gasteiger partial charge in [0.05, 0.1) is 11.4 Å². The van der Waals surface area contributed by atoms with Gasteiger partial charge in [0.1, 0.15) is 4.90 Å². The van der Waals surface area contributed by atoms with Crippen LogP contribution in [0.25, 0.3) is 0 Å². The normalized spacial score (nSPS) is 24.6. The Kier molecular flexibility index (Phi) is 4.30. The molecule has 1 aromatic rings. The summed E-state index contributed by atoms with van der Waals surface area (Å²) in [6.45, 7) is 5.65. The van der Waals surface area contributed by atoms with Crippen LogP contribution in [-0.2, 0) is 10.0 Å². The summed E-state index contributed by atoms with van der Waals surface area (Å²) in [4.78, 5) is 0.310. The molecular weight excluding hydrogens is 262 g/mol. The van der Waals surface area contributed by atoms with E-state index in [1.54, 1.807) is 13.8 Å². The number of sulfonamides is 1. The van der Waals surface area contributed by atoms with Gasteiger partial charge in [0.2, 0.25) is 10.0 Å². The van der Waals surface area contributed by atoms with Crippen LogP contribution in [0.4, 0.5) is 0 Å². The molecule has 0 amide bonds. The van der Waals surface area contributed by atoms with E-state index in [4.69, 9.17) is 0 Å². The summed E-state index contributed by atoms with van der Waals surface area (Å²) < 4.78 is 27.6. The third kappa shape index (κ3) is 3.17. The highest BCUT2D eigenvalue weighted by Crippen LogP contribution is 2.28. The molecule has 0 aliphatic heterocycles. The summed E-state index contributed by atoms with van der Waals surface area (Å²) in [5.74, 6) is 0.762. The van der Waals surface area contributed by atoms with Gasteiger partial charge in [0.25, 0.3) is 0 Å². The number of hydrogen-bond donors (Lipinski definition) is 2. The first kappa shape index (κ1) is 14.5. The molecule has 0 atom stereocenters. The monoisotopic (exact) mass is 285 g/mol. The molecule has 0 aromatic carbocycles. The van der Waals surface area contributed by atoms with E-state index in [0.29, 0.717) is 16.3 Å². The molecule has 19 heavy (non-hydrogen) atoms. The predicted octanol–water partition coefficient (Wildman–Crippen LogP) is 2.27. The zero-order chi connectivity index (χ0) is 14.0. The minimum Gasteiger partial charge on any atom is -0.281 e. The summed E-state index contributed by atoms with van der Waals surface area (Å²) in [6.07, 6.45) is 5.31. The predicted molar refractivity (Wildman–Crippen MR) is 74.4 cm³/mol. The van der Waals surface area contributed by atoms with Crippen LogP contribution in [0.15, 0.2) is 4.90 Å². The largest absolute Gasteiger partial charge is 0.281 e. The molecule has 0 spiro atoms. The molecule has 1 saturated carbocycles. The topological polar surface area (TPSA) is 74.8 Å². The van der Waals surface area contributed by atoms with E-state index in [1.165, 1.54) is 6.42 Å². The Balaban J connectivity index is 2.07. The van der Waals surface area contributed by atoms with Crippen LogP contribution < -0.4 is 4.72 Å². The van der Waals surface area contributed by atoms with Crippen molar-refractivity contribution in [2.24, 2.45) is 5.92 Å². The van der Waals surface area contributed by atoms with Gasteiger partial charge in [-0.05, 0) is 45.4 Å². The summed E-state index contributed by atoms with van der Waals surface area (Å²) in [5, 5.41) is 6.68. The summed E-state index contributed by atoms with van der Waals surface area (Å²) in [5.41, 5.74) is 1.14. The number of aromatic nitrogens is 2. The summed E-state index contributed by atoms with van der Waals surface area (Å²) in [6, 6.07) is 0.0708. The lowest BCUT2D eigenvalue weighted by atomic mass is 9.85. The number of hydrogen-bond acceptors (Lipinski definition) is 3. The Bertz CT molecular complexity index is 509. The van der Waals surface area contributed by atoms with Crippen molar-refractivity contribution < 1.29 is 8.42 Å². The second-order valence-electron chi connectivity index (χ2n) is 5.51. The molecule has 2 rings (SSSR count). The fourth-order valence-corrected chi connectivity index (χ4v) is 4.58. The van der Waals surface area contributed by atoms with E-state index in [0.717, 1.165) is 31.6 Å². The summed E-state index contributed by atoms with van der Waals surface area (Å²) in [7, 11) is -3.45. The van der Waals surface area contributed by atoms with Gasteiger partial charge < -0.3 is 0 Å². The number of nitrogens with one attached hydrogen (secondary N) is 2. The first-order chi connectivity index (χ1) is 8.94. The fraction of sp³-hybridized carbons (Fsp3) is 0.769. The molecule has 2 N–H and O–H groups in total. The van der Waals surface area contributed by atoms with Gasteiger partial charge in [0.15, 0.2) is 0 Å². The average Bonchev–Trinajstić information content (AvgIpc) is 2.70. The van der Waals surface area contributed by atoms with Crippen molar-refractivity contribution in [3.8, 4) is 0 Å². The van der Waals surface area contributed by atoms with Crippen LogP contribution in [-0.4, -0.2) is 24.7 Å². The average molecular weight is 285 g/mol. The third-order valence-electron chi connectivity index (χ3n) is 4.08. The van der Waals surface area contributed by atoms with Crippen molar-refractivity contribution in [2.45, 2.75) is 63.8 Å². The lowest BCUT2D eigenvalue weighted by Crippen LogP contribution is -2.37. The smallest absolute Gasteiger partial charge is 0.244 e. The van der Waals surface area contributed by atoms with Gasteiger partial charge in [0, 0.05) is 6.04 Å². The van der Waals surface area contributed by atoms with Gasteiger partial charge in [-0.25, -0.2) is 13.1 Å². The maximum Gasteiger partial charge on any atom is 0.244 e. The first-order valence-corrected chi connectivity index (χ1v) is 8.46. The lowest BCUT2D eigenvalue weighted by Gasteiger charge is -2.28. The van der Waals surface area contributed by atoms with Crippen LogP contribution in [0.2, 0.25) is 0 Å². The number of H-pyrrole nitrogens is 1. The molecule has 0 saturated heterocycles. The molecule has 1 aromatic heterocycles. The fourth-order valence-electron chi connectivity index (χ4n) is 2.90. The minimum atomic E-state index is -3.45. The van der Waals surface area contributed by atoms with Crippen LogP contribution in [0.1, 0.15) is 50.4 Å². The molecular formula is C13H23N3O2S. The molecule has 1 heterocycles. The third-order valence-corrected chi connectivity index (χ3v) is 5.86. The Morgan fingerprint density at radius 1 is 1.26 bits per heavy atom. The Morgan fingerprint density at radius 2 is 1.89 bits per heavy atom. The van der Waals surface area contributed by atoms with E-state index in [2.05, 4.69) is 21.8 Å². The molecule has 1 aliphatic carbocycles. The van der Waals surface area contributed by atoms with Crippen molar-refractivity contribution in [1.29, 1.82) is 0 Å². The quantitative estimate of drug-likeness (QED) is 0.891. The second kappa shape index (κ2) is 5.63. The van der Waals surface area contributed by atoms with Crippen LogP contribution in [0.3, 0.4) is 0 Å². The van der Waals surface area contributed by atoms with E-state index < -0.39 is 10.0 Å². The maximum atomic E-state index is 12.4. The first-order valence-electron chi connectivity index (χ1n) is 6.98. The lowest BCUT2D eigenvalue weighted by molar-refractivity contribution is 0.306. The van der Waals surface area contributed by atoms with Crippen molar-refractivity contribution in [3.05, 3.63) is 11.4 Å². The van der Waals surface area contributed by atoms with Crippen molar-refractivity contribution in [1.82, 2.24) is 14.9 Å². The van der Waals surface area contributed by atoms with Crippen LogP contribution in [0, 0.1) is 19.8 Å². The van der Waals surface area contributed by atoms with Crippen molar-refractivity contribution in [2.75, 3.05) is 0 Å². The zero-order valence-corrected chi connectivity index (χ0v) is 12.7. The molecule has 108 valence electrons. The van der Waals surface area contributed by atoms with Crippen LogP contribution in [0.5, 0.6) is 0 Å². The Hall–Kier alpha value is -0.880. The highest BCUT2D eigenvalue weighted by Gasteiger charge is 2.28. The van der Waals surface area contributed by atoms with E-state index in [-0.39, 0.29) is 6.04 Å². The molecule has 0 unspecified atom stereocenters. The maximum absolute atomic E-state index is 12.4. The molecule has 0 bridgehead atoms. The summed E-state index contributed by atoms with van der Waals surface area (Å²) >= 11 is 0. The zero-order valence-electron chi connectivity index (χ0n) is 11.9. The van der Waals surface area contributed by atoms with Crippen molar-refractivity contribution in [3.63, 3.8) is 0 Å². The van der Waals surface area contributed by atoms with Gasteiger partial charge in [-0.1, -0.05) is 13.3 Å². The standard InChI is InChI=1S/C13H23N3O2S/c1-4-11-5-7-12(8-6-11)16-19(17,18)13-9(2)14-15-10(13)3/h11-12,16H,4-8H2,1-3H3,(H,14,15). The minimum absolute atomic E-state index is 0.0708. The Morgan fingerprint density at radius 3 is 2.37 bits per heavy atom. The Labute approximate surface area is 115 Å². The van der Waals surface area contributed by atoms with Gasteiger partial charge in [-0.2, -0.15) is 5.10 Å². The van der Waals surface area contributed by atoms with E-state index in [1.807, 2.05) is 0 Å².